The van der Waals surface area contributed by atoms with Crippen molar-refractivity contribution in [2.45, 2.75) is 19.3 Å². The Bertz CT molecular complexity index is 580. The summed E-state index contributed by atoms with van der Waals surface area (Å²) < 4.78 is 0. The fourth-order valence-corrected chi connectivity index (χ4v) is 2.45. The zero-order chi connectivity index (χ0) is 15.2. The van der Waals surface area contributed by atoms with Gasteiger partial charge >= 0.3 is 12.0 Å². The van der Waals surface area contributed by atoms with Crippen molar-refractivity contribution in [1.82, 2.24) is 4.90 Å². The highest BCUT2D eigenvalue weighted by Crippen LogP contribution is 2.22. The van der Waals surface area contributed by atoms with E-state index >= 15 is 0 Å². The van der Waals surface area contributed by atoms with Crippen LogP contribution in [0.4, 0.5) is 10.5 Å². The molecule has 1 aliphatic heterocycles. The number of urea groups is 1. The lowest BCUT2D eigenvalue weighted by molar-refractivity contribution is -0.137. The number of nitrogens with zero attached hydrogens (tertiary/aromatic N) is 2. The fourth-order valence-electron chi connectivity index (χ4n) is 2.45. The number of hydrogen-bond donors (Lipinski definition) is 2. The van der Waals surface area contributed by atoms with E-state index in [1.807, 2.05) is 6.07 Å². The van der Waals surface area contributed by atoms with E-state index in [0.717, 1.165) is 6.42 Å². The van der Waals surface area contributed by atoms with Crippen LogP contribution in [0.3, 0.4) is 0 Å². The summed E-state index contributed by atoms with van der Waals surface area (Å²) in [4.78, 5) is 24.4. The summed E-state index contributed by atoms with van der Waals surface area (Å²) in [7, 11) is 0. The number of carbonyl (C=O) groups is 2. The van der Waals surface area contributed by atoms with E-state index in [0.29, 0.717) is 30.8 Å². The van der Waals surface area contributed by atoms with Gasteiger partial charge in [-0.2, -0.15) is 5.26 Å². The second-order valence-corrected chi connectivity index (χ2v) is 5.16. The normalized spacial score (nSPS) is 17.3. The standard InChI is InChI=1S/C15H17N3O3/c16-9-12-2-1-3-13(8-12)17-15(21)18-7-6-11(10-18)4-5-14(19)20/h1-3,8,11H,4-7,10H2,(H,17,21)(H,19,20). The quantitative estimate of drug-likeness (QED) is 0.888. The molecule has 2 N–H and O–H groups in total. The average molecular weight is 287 g/mol. The smallest absolute Gasteiger partial charge is 0.321 e. The van der Waals surface area contributed by atoms with Gasteiger partial charge in [-0.3, -0.25) is 4.79 Å². The van der Waals surface area contributed by atoms with Crippen LogP contribution in [0.15, 0.2) is 24.3 Å². The molecule has 1 aliphatic rings. The second kappa shape index (κ2) is 6.75. The molecule has 0 spiro atoms. The Labute approximate surface area is 123 Å². The predicted molar refractivity (Wildman–Crippen MR) is 76.7 cm³/mol. The minimum atomic E-state index is -0.800. The number of hydrogen-bond acceptors (Lipinski definition) is 3. The summed E-state index contributed by atoms with van der Waals surface area (Å²) in [6, 6.07) is 8.56. The van der Waals surface area contributed by atoms with Crippen LogP contribution in [0, 0.1) is 17.2 Å². The number of nitriles is 1. The number of carboxylic acids is 1. The molecule has 0 bridgehead atoms. The maximum Gasteiger partial charge on any atom is 0.321 e. The van der Waals surface area contributed by atoms with Crippen molar-refractivity contribution in [2.24, 2.45) is 5.92 Å². The molecule has 1 aromatic rings. The molecule has 2 amide bonds. The summed E-state index contributed by atoms with van der Waals surface area (Å²) in [5, 5.41) is 20.3. The number of anilines is 1. The van der Waals surface area contributed by atoms with Gasteiger partial charge in [-0.25, -0.2) is 4.79 Å². The molecule has 1 heterocycles. The van der Waals surface area contributed by atoms with Gasteiger partial charge in [0, 0.05) is 25.2 Å². The van der Waals surface area contributed by atoms with E-state index in [1.165, 1.54) is 0 Å². The van der Waals surface area contributed by atoms with Crippen LogP contribution in [-0.4, -0.2) is 35.1 Å². The molecule has 1 unspecified atom stereocenters. The molecule has 1 fully saturated rings. The summed E-state index contributed by atoms with van der Waals surface area (Å²) in [5.74, 6) is -0.552. The zero-order valence-corrected chi connectivity index (χ0v) is 11.6. The summed E-state index contributed by atoms with van der Waals surface area (Å²) in [6.45, 7) is 1.21. The summed E-state index contributed by atoms with van der Waals surface area (Å²) in [5.41, 5.74) is 1.08. The van der Waals surface area contributed by atoms with Crippen LogP contribution in [0.25, 0.3) is 0 Å². The van der Waals surface area contributed by atoms with E-state index in [-0.39, 0.29) is 18.4 Å². The summed E-state index contributed by atoms with van der Waals surface area (Å²) in [6.07, 6.45) is 1.58. The largest absolute Gasteiger partial charge is 0.481 e. The van der Waals surface area contributed by atoms with Crippen LogP contribution >= 0.6 is 0 Å². The Morgan fingerprint density at radius 1 is 1.48 bits per heavy atom. The maximum absolute atomic E-state index is 12.1. The topological polar surface area (TPSA) is 93.4 Å². The number of amides is 2. The number of benzene rings is 1. The molecule has 21 heavy (non-hydrogen) atoms. The Balaban J connectivity index is 1.87. The van der Waals surface area contributed by atoms with E-state index < -0.39 is 5.97 Å². The zero-order valence-electron chi connectivity index (χ0n) is 11.6. The number of nitrogens with one attached hydrogen (secondary N) is 1. The highest BCUT2D eigenvalue weighted by Gasteiger charge is 2.26. The molecule has 0 radical (unpaired) electrons. The Kier molecular flexibility index (Phi) is 4.77. The second-order valence-electron chi connectivity index (χ2n) is 5.16. The van der Waals surface area contributed by atoms with Crippen molar-refractivity contribution in [1.29, 1.82) is 5.26 Å². The van der Waals surface area contributed by atoms with E-state index in [4.69, 9.17) is 10.4 Å². The maximum atomic E-state index is 12.1. The van der Waals surface area contributed by atoms with E-state index in [1.54, 1.807) is 29.2 Å². The van der Waals surface area contributed by atoms with Gasteiger partial charge in [0.15, 0.2) is 0 Å². The van der Waals surface area contributed by atoms with E-state index in [9.17, 15) is 9.59 Å². The van der Waals surface area contributed by atoms with Crippen LogP contribution in [-0.2, 0) is 4.79 Å². The third-order valence-corrected chi connectivity index (χ3v) is 3.58. The molecule has 2 rings (SSSR count). The lowest BCUT2D eigenvalue weighted by atomic mass is 10.0. The first-order valence-electron chi connectivity index (χ1n) is 6.86. The molecule has 0 saturated carbocycles. The highest BCUT2D eigenvalue weighted by atomic mass is 16.4. The number of rotatable bonds is 4. The van der Waals surface area contributed by atoms with Crippen LogP contribution in [0.5, 0.6) is 0 Å². The highest BCUT2D eigenvalue weighted by molar-refractivity contribution is 5.89. The van der Waals surface area contributed by atoms with Crippen molar-refractivity contribution in [3.8, 4) is 6.07 Å². The molecule has 1 atom stereocenters. The minimum absolute atomic E-state index is 0.143. The van der Waals surface area contributed by atoms with Gasteiger partial charge in [-0.1, -0.05) is 6.07 Å². The summed E-state index contributed by atoms with van der Waals surface area (Å²) >= 11 is 0. The van der Waals surface area contributed by atoms with Crippen molar-refractivity contribution in [3.63, 3.8) is 0 Å². The number of aliphatic carboxylic acids is 1. The molecule has 110 valence electrons. The lowest BCUT2D eigenvalue weighted by Crippen LogP contribution is -2.33. The van der Waals surface area contributed by atoms with Crippen molar-refractivity contribution < 1.29 is 14.7 Å². The van der Waals surface area contributed by atoms with Gasteiger partial charge in [-0.15, -0.1) is 0 Å². The molecule has 6 heteroatoms. The molecule has 1 saturated heterocycles. The van der Waals surface area contributed by atoms with Gasteiger partial charge in [0.2, 0.25) is 0 Å². The van der Waals surface area contributed by atoms with Gasteiger partial charge in [0.05, 0.1) is 11.6 Å². The first-order chi connectivity index (χ1) is 10.1. The lowest BCUT2D eigenvalue weighted by Gasteiger charge is -2.17. The van der Waals surface area contributed by atoms with Crippen molar-refractivity contribution in [3.05, 3.63) is 29.8 Å². The molecular formula is C15H17N3O3. The van der Waals surface area contributed by atoms with Crippen LogP contribution in [0.2, 0.25) is 0 Å². The van der Waals surface area contributed by atoms with E-state index in [2.05, 4.69) is 5.32 Å². The van der Waals surface area contributed by atoms with Gasteiger partial charge in [0.1, 0.15) is 0 Å². The molecule has 0 aliphatic carbocycles. The Morgan fingerprint density at radius 3 is 3.00 bits per heavy atom. The minimum Gasteiger partial charge on any atom is -0.481 e. The predicted octanol–water partition coefficient (Wildman–Crippen LogP) is 2.28. The number of carbonyl (C=O) groups excluding carboxylic acids is 1. The van der Waals surface area contributed by atoms with Crippen molar-refractivity contribution >= 4 is 17.7 Å². The molecule has 1 aromatic carbocycles. The average Bonchev–Trinajstić information content (AvgIpc) is 2.94. The number of likely N-dealkylation sites (tertiary alicyclic amines) is 1. The van der Waals surface area contributed by atoms with Crippen LogP contribution < -0.4 is 5.32 Å². The third-order valence-electron chi connectivity index (χ3n) is 3.58. The molecule has 0 aromatic heterocycles. The first-order valence-corrected chi connectivity index (χ1v) is 6.86. The first kappa shape index (κ1) is 14.9. The van der Waals surface area contributed by atoms with Gasteiger partial charge < -0.3 is 15.3 Å². The Hall–Kier alpha value is -2.55. The van der Waals surface area contributed by atoms with Crippen LogP contribution in [0.1, 0.15) is 24.8 Å². The fraction of sp³-hybridized carbons (Fsp3) is 0.400. The molecular weight excluding hydrogens is 270 g/mol. The third kappa shape index (κ3) is 4.21. The van der Waals surface area contributed by atoms with Crippen molar-refractivity contribution in [2.75, 3.05) is 18.4 Å². The number of carboxylic acid groups (broad SMARTS) is 1. The SMILES string of the molecule is N#Cc1cccc(NC(=O)N2CCC(CCC(=O)O)C2)c1. The van der Waals surface area contributed by atoms with Gasteiger partial charge in [-0.05, 0) is 37.0 Å². The monoisotopic (exact) mass is 287 g/mol. The van der Waals surface area contributed by atoms with Gasteiger partial charge in [0.25, 0.3) is 0 Å². The molecule has 6 nitrogen and oxygen atoms in total. The Morgan fingerprint density at radius 2 is 2.29 bits per heavy atom.